The third kappa shape index (κ3) is 3.73. The molecule has 0 saturated heterocycles. The lowest BCUT2D eigenvalue weighted by Gasteiger charge is -2.19. The average Bonchev–Trinajstić information content (AvgIpc) is 2.52. The van der Waals surface area contributed by atoms with Crippen LogP contribution in [0.15, 0.2) is 29.3 Å². The van der Waals surface area contributed by atoms with Crippen LogP contribution >= 0.6 is 11.6 Å². The number of nitrogens with zero attached hydrogens (tertiary/aromatic N) is 3. The molecule has 0 fully saturated rings. The van der Waals surface area contributed by atoms with Gasteiger partial charge in [0, 0.05) is 6.07 Å². The van der Waals surface area contributed by atoms with Gasteiger partial charge in [-0.2, -0.15) is 40.4 Å². The van der Waals surface area contributed by atoms with Gasteiger partial charge in [-0.3, -0.25) is 9.36 Å². The maximum absolute atomic E-state index is 13.2. The molecule has 0 aliphatic carbocycles. The van der Waals surface area contributed by atoms with E-state index in [0.717, 1.165) is 0 Å². The first kappa shape index (κ1) is 20.6. The number of hydrogen-bond acceptors (Lipinski definition) is 3. The molecule has 1 aromatic heterocycles. The fourth-order valence-electron chi connectivity index (χ4n) is 1.98. The van der Waals surface area contributed by atoms with Crippen molar-refractivity contribution >= 4 is 11.6 Å². The van der Waals surface area contributed by atoms with Crippen LogP contribution in [0.25, 0.3) is 5.69 Å². The molecule has 2 aromatic rings. The summed E-state index contributed by atoms with van der Waals surface area (Å²) in [7, 11) is 0. The minimum atomic E-state index is -6.03. The summed E-state index contributed by atoms with van der Waals surface area (Å²) >= 11 is 5.66. The van der Waals surface area contributed by atoms with Crippen LogP contribution in [0.2, 0.25) is 5.02 Å². The molecule has 1 heterocycles. The Kier molecular flexibility index (Phi) is 4.96. The van der Waals surface area contributed by atoms with Crippen LogP contribution in [0, 0.1) is 11.3 Å². The summed E-state index contributed by atoms with van der Waals surface area (Å²) in [5.41, 5.74) is -6.17. The van der Waals surface area contributed by atoms with E-state index in [4.69, 9.17) is 16.9 Å². The molecule has 27 heavy (non-hydrogen) atoms. The molecule has 0 aliphatic heterocycles. The molecule has 0 saturated carbocycles. The van der Waals surface area contributed by atoms with Crippen molar-refractivity contribution in [2.24, 2.45) is 0 Å². The molecule has 0 amide bonds. The van der Waals surface area contributed by atoms with Crippen LogP contribution in [-0.2, 0) is 12.1 Å². The third-order valence-corrected chi connectivity index (χ3v) is 3.53. The lowest BCUT2D eigenvalue weighted by Crippen LogP contribution is -2.36. The van der Waals surface area contributed by atoms with E-state index in [2.05, 4.69) is 4.98 Å². The molecular formula is C14H4ClF8N3O. The van der Waals surface area contributed by atoms with Gasteiger partial charge in [0.25, 0.3) is 5.56 Å². The van der Waals surface area contributed by atoms with Gasteiger partial charge in [0.1, 0.15) is 18.1 Å². The van der Waals surface area contributed by atoms with E-state index in [0.29, 0.717) is 12.1 Å². The molecule has 0 spiro atoms. The highest BCUT2D eigenvalue weighted by atomic mass is 35.5. The highest BCUT2D eigenvalue weighted by Crippen LogP contribution is 2.42. The Hall–Kier alpha value is -2.68. The lowest BCUT2D eigenvalue weighted by atomic mass is 10.1. The maximum atomic E-state index is 13.2. The Morgan fingerprint density at radius 3 is 2.07 bits per heavy atom. The van der Waals surface area contributed by atoms with Crippen LogP contribution < -0.4 is 5.56 Å². The van der Waals surface area contributed by atoms with Crippen LogP contribution in [0.1, 0.15) is 16.8 Å². The summed E-state index contributed by atoms with van der Waals surface area (Å²) < 4.78 is 102. The van der Waals surface area contributed by atoms with Crippen LogP contribution in [-0.4, -0.2) is 15.7 Å². The van der Waals surface area contributed by atoms with E-state index >= 15 is 0 Å². The second-order valence-corrected chi connectivity index (χ2v) is 5.43. The molecule has 0 radical (unpaired) electrons. The van der Waals surface area contributed by atoms with Crippen molar-refractivity contribution < 1.29 is 35.1 Å². The number of nitriles is 1. The fourth-order valence-corrected chi connectivity index (χ4v) is 2.29. The summed E-state index contributed by atoms with van der Waals surface area (Å²) in [6.45, 7) is 0. The maximum Gasteiger partial charge on any atom is 0.459 e. The van der Waals surface area contributed by atoms with Crippen LogP contribution in [0.5, 0.6) is 0 Å². The van der Waals surface area contributed by atoms with Crippen molar-refractivity contribution in [3.63, 3.8) is 0 Å². The molecule has 0 bridgehead atoms. The number of benzene rings is 1. The predicted molar refractivity (Wildman–Crippen MR) is 74.5 cm³/mol. The summed E-state index contributed by atoms with van der Waals surface area (Å²) in [5.74, 6) is -5.44. The topological polar surface area (TPSA) is 58.7 Å². The van der Waals surface area contributed by atoms with Crippen LogP contribution in [0.3, 0.4) is 0 Å². The Bertz CT molecular complexity index is 988. The van der Waals surface area contributed by atoms with E-state index in [1.807, 2.05) is 0 Å². The Balaban J connectivity index is 2.68. The van der Waals surface area contributed by atoms with Crippen molar-refractivity contribution in [2.45, 2.75) is 18.3 Å². The zero-order valence-corrected chi connectivity index (χ0v) is 13.2. The summed E-state index contributed by atoms with van der Waals surface area (Å²) in [5, 5.41) is 8.23. The number of hydrogen-bond donors (Lipinski definition) is 0. The average molecular weight is 418 g/mol. The molecular weight excluding hydrogens is 414 g/mol. The summed E-state index contributed by atoms with van der Waals surface area (Å²) in [4.78, 5) is 14.8. The molecule has 144 valence electrons. The number of aromatic nitrogens is 2. The van der Waals surface area contributed by atoms with Gasteiger partial charge in [0.15, 0.2) is 0 Å². The fraction of sp³-hybridized carbons (Fsp3) is 0.214. The third-order valence-electron chi connectivity index (χ3n) is 3.24. The molecule has 0 atom stereocenters. The summed E-state index contributed by atoms with van der Waals surface area (Å²) in [6.07, 6.45) is -10.7. The highest BCUT2D eigenvalue weighted by molar-refractivity contribution is 6.32. The van der Waals surface area contributed by atoms with Gasteiger partial charge < -0.3 is 0 Å². The second kappa shape index (κ2) is 6.49. The number of alkyl halides is 8. The van der Waals surface area contributed by atoms with Gasteiger partial charge >= 0.3 is 18.3 Å². The standard InChI is InChI=1S/C14H4ClF8N3O/c15-8-2-7(13(18,19)20)1-6(4-24)11(8)26-5-25-9(3-10(26)27)12(16,17)14(21,22)23/h1-3,5H. The van der Waals surface area contributed by atoms with E-state index in [-0.39, 0.29) is 17.0 Å². The van der Waals surface area contributed by atoms with Crippen molar-refractivity contribution in [1.29, 1.82) is 5.26 Å². The van der Waals surface area contributed by atoms with Gasteiger partial charge in [-0.25, -0.2) is 4.98 Å². The van der Waals surface area contributed by atoms with Gasteiger partial charge in [-0.15, -0.1) is 0 Å². The second-order valence-electron chi connectivity index (χ2n) is 5.02. The van der Waals surface area contributed by atoms with Crippen molar-refractivity contribution in [3.8, 4) is 11.8 Å². The van der Waals surface area contributed by atoms with E-state index in [9.17, 15) is 39.9 Å². The zero-order valence-electron chi connectivity index (χ0n) is 12.5. The van der Waals surface area contributed by atoms with E-state index in [1.54, 1.807) is 0 Å². The smallest absolute Gasteiger partial charge is 0.269 e. The highest BCUT2D eigenvalue weighted by Gasteiger charge is 2.60. The lowest BCUT2D eigenvalue weighted by molar-refractivity contribution is -0.291. The van der Waals surface area contributed by atoms with Crippen molar-refractivity contribution in [1.82, 2.24) is 9.55 Å². The molecule has 1 aromatic carbocycles. The van der Waals surface area contributed by atoms with Gasteiger partial charge in [0.05, 0.1) is 21.8 Å². The monoisotopic (exact) mass is 417 g/mol. The molecule has 4 nitrogen and oxygen atoms in total. The van der Waals surface area contributed by atoms with Gasteiger partial charge in [0.2, 0.25) is 0 Å². The van der Waals surface area contributed by atoms with Crippen molar-refractivity contribution in [3.05, 3.63) is 56.7 Å². The van der Waals surface area contributed by atoms with Gasteiger partial charge in [-0.1, -0.05) is 11.6 Å². The van der Waals surface area contributed by atoms with Crippen LogP contribution in [0.4, 0.5) is 35.1 Å². The Labute approximate surface area is 149 Å². The first-order valence-electron chi connectivity index (χ1n) is 6.55. The molecule has 2 rings (SSSR count). The molecule has 0 N–H and O–H groups in total. The number of halogens is 9. The van der Waals surface area contributed by atoms with E-state index < -0.39 is 51.4 Å². The summed E-state index contributed by atoms with van der Waals surface area (Å²) in [6, 6.07) is 1.90. The SMILES string of the molecule is N#Cc1cc(C(F)(F)F)cc(Cl)c1-n1cnc(C(F)(F)C(F)(F)F)cc1=O. The van der Waals surface area contributed by atoms with Crippen molar-refractivity contribution in [2.75, 3.05) is 0 Å². The molecule has 13 heteroatoms. The number of rotatable bonds is 2. The van der Waals surface area contributed by atoms with E-state index in [1.165, 1.54) is 6.07 Å². The molecule has 0 aliphatic rings. The molecule has 0 unspecified atom stereocenters. The first-order valence-corrected chi connectivity index (χ1v) is 6.93. The minimum absolute atomic E-state index is 0.150. The normalized spacial score (nSPS) is 12.7. The Morgan fingerprint density at radius 1 is 1.04 bits per heavy atom. The Morgan fingerprint density at radius 2 is 1.63 bits per heavy atom. The minimum Gasteiger partial charge on any atom is -0.269 e. The van der Waals surface area contributed by atoms with Gasteiger partial charge in [-0.05, 0) is 12.1 Å². The first-order chi connectivity index (χ1) is 12.2. The quantitative estimate of drug-likeness (QED) is 0.679. The largest absolute Gasteiger partial charge is 0.459 e. The predicted octanol–water partition coefficient (Wildman–Crippen LogP) is 4.43. The zero-order chi connectivity index (χ0) is 20.8.